The van der Waals surface area contributed by atoms with Gasteiger partial charge < -0.3 is 13.3 Å². The molecule has 5 rings (SSSR count). The van der Waals surface area contributed by atoms with Gasteiger partial charge in [0.2, 0.25) is 0 Å². The van der Waals surface area contributed by atoms with Crippen molar-refractivity contribution in [3.8, 4) is 6.07 Å². The molecule has 0 aliphatic heterocycles. The number of hydrogen-bond acceptors (Lipinski definition) is 4. The number of nitrogens with zero attached hydrogens (tertiary/aromatic N) is 1. The smallest absolute Gasteiger partial charge is 0.403 e. The largest absolute Gasteiger partial charge is 0.407 e. The molecule has 0 spiro atoms. The summed E-state index contributed by atoms with van der Waals surface area (Å²) in [6.45, 7) is 6.54. The summed E-state index contributed by atoms with van der Waals surface area (Å²) >= 11 is 0. The van der Waals surface area contributed by atoms with Crippen LogP contribution in [-0.2, 0) is 13.3 Å². The Morgan fingerprint density at radius 2 is 0.841 bits per heavy atom. The summed E-state index contributed by atoms with van der Waals surface area (Å²) in [7, 11) is -6.19. The lowest BCUT2D eigenvalue weighted by atomic mass is 10.2. The molecule has 0 radical (unpaired) electrons. The molecular formula is C38H39NO3Si2. The lowest BCUT2D eigenvalue weighted by Crippen LogP contribution is -2.69. The number of benzene rings is 5. The molecule has 5 aromatic carbocycles. The Labute approximate surface area is 263 Å². The van der Waals surface area contributed by atoms with Crippen LogP contribution in [-0.4, -0.2) is 35.7 Å². The van der Waals surface area contributed by atoms with Gasteiger partial charge in [0.05, 0.1) is 30.8 Å². The van der Waals surface area contributed by atoms with E-state index in [1.54, 1.807) is 0 Å². The lowest BCUT2D eigenvalue weighted by Gasteiger charge is -2.38. The van der Waals surface area contributed by atoms with Crippen molar-refractivity contribution in [2.45, 2.75) is 26.4 Å². The third kappa shape index (κ3) is 7.00. The lowest BCUT2D eigenvalue weighted by molar-refractivity contribution is 0.0703. The van der Waals surface area contributed by atoms with Crippen LogP contribution >= 0.6 is 0 Å². The maximum absolute atomic E-state index is 10.5. The summed E-state index contributed by atoms with van der Waals surface area (Å²) in [5.41, 5.74) is -0.480. The third-order valence-corrected chi connectivity index (χ3v) is 15.2. The summed E-state index contributed by atoms with van der Waals surface area (Å²) in [6, 6.07) is 54.1. The van der Waals surface area contributed by atoms with Crippen molar-refractivity contribution in [1.82, 2.24) is 0 Å². The van der Waals surface area contributed by atoms with Gasteiger partial charge in [0, 0.05) is 0 Å². The predicted molar refractivity (Wildman–Crippen MR) is 184 cm³/mol. The molecule has 1 unspecified atom stereocenters. The molecule has 0 heterocycles. The minimum absolute atomic E-state index is 0.172. The van der Waals surface area contributed by atoms with Crippen molar-refractivity contribution in [2.24, 2.45) is 5.92 Å². The van der Waals surface area contributed by atoms with Gasteiger partial charge in [0.25, 0.3) is 8.32 Å². The molecule has 0 fully saturated rings. The molecule has 0 saturated heterocycles. The highest BCUT2D eigenvalue weighted by molar-refractivity contribution is 7.07. The first-order chi connectivity index (χ1) is 21.4. The fourth-order valence-electron chi connectivity index (χ4n) is 5.56. The van der Waals surface area contributed by atoms with Gasteiger partial charge in [0.1, 0.15) is 0 Å². The van der Waals surface area contributed by atoms with E-state index in [9.17, 15) is 5.26 Å². The summed E-state index contributed by atoms with van der Waals surface area (Å²) in [4.78, 5) is 0. The van der Waals surface area contributed by atoms with Crippen molar-refractivity contribution in [1.29, 1.82) is 5.26 Å². The molecular weight excluding hydrogens is 575 g/mol. The van der Waals surface area contributed by atoms with Crippen LogP contribution in [0.25, 0.3) is 0 Å². The number of hydrogen-bond donors (Lipinski definition) is 0. The highest BCUT2D eigenvalue weighted by Gasteiger charge is 2.47. The quantitative estimate of drug-likeness (QED) is 0.148. The van der Waals surface area contributed by atoms with E-state index < -0.39 is 28.4 Å². The van der Waals surface area contributed by atoms with Gasteiger partial charge in [-0.3, -0.25) is 0 Å². The first kappa shape index (κ1) is 31.3. The van der Waals surface area contributed by atoms with E-state index >= 15 is 0 Å². The molecule has 0 amide bonds. The van der Waals surface area contributed by atoms with Gasteiger partial charge in [-0.25, -0.2) is 0 Å². The van der Waals surface area contributed by atoms with Crippen LogP contribution < -0.4 is 25.9 Å². The molecule has 0 bridgehead atoms. The van der Waals surface area contributed by atoms with E-state index in [1.807, 2.05) is 54.6 Å². The van der Waals surface area contributed by atoms with Crippen molar-refractivity contribution in [2.75, 3.05) is 13.2 Å². The molecule has 6 heteroatoms. The fraction of sp³-hybridized carbons (Fsp3) is 0.184. The SMILES string of the molecule is CC(C)(C)O[Si](OCC(C#N)CO[Si](c1ccccc1)(c1ccccc1)c1ccccc1)(c1ccccc1)c1ccccc1. The van der Waals surface area contributed by atoms with E-state index in [2.05, 4.69) is 124 Å². The Morgan fingerprint density at radius 1 is 0.523 bits per heavy atom. The van der Waals surface area contributed by atoms with Gasteiger partial charge in [0.15, 0.2) is 0 Å². The number of nitriles is 1. The maximum atomic E-state index is 10.5. The Morgan fingerprint density at radius 3 is 1.16 bits per heavy atom. The zero-order valence-electron chi connectivity index (χ0n) is 25.6. The van der Waals surface area contributed by atoms with E-state index in [0.29, 0.717) is 0 Å². The molecule has 222 valence electrons. The predicted octanol–water partition coefficient (Wildman–Crippen LogP) is 4.90. The van der Waals surface area contributed by atoms with Crippen molar-refractivity contribution in [3.05, 3.63) is 152 Å². The molecule has 0 aromatic heterocycles. The second-order valence-electron chi connectivity index (χ2n) is 11.8. The van der Waals surface area contributed by atoms with Crippen LogP contribution in [0, 0.1) is 17.2 Å². The van der Waals surface area contributed by atoms with Crippen LogP contribution in [0.3, 0.4) is 0 Å². The van der Waals surface area contributed by atoms with Crippen LogP contribution in [0.1, 0.15) is 20.8 Å². The highest BCUT2D eigenvalue weighted by Crippen LogP contribution is 2.21. The fourth-order valence-corrected chi connectivity index (χ4v) is 13.0. The molecule has 4 nitrogen and oxygen atoms in total. The van der Waals surface area contributed by atoms with Crippen molar-refractivity contribution >= 4 is 42.8 Å². The zero-order valence-corrected chi connectivity index (χ0v) is 27.6. The summed E-state index contributed by atoms with van der Waals surface area (Å²) in [5, 5.41) is 15.9. The average Bonchev–Trinajstić information content (AvgIpc) is 3.07. The van der Waals surface area contributed by atoms with E-state index in [4.69, 9.17) is 13.3 Å². The van der Waals surface area contributed by atoms with Gasteiger partial charge in [-0.2, -0.15) is 5.26 Å². The Hall–Kier alpha value is -4.10. The number of rotatable bonds is 12. The van der Waals surface area contributed by atoms with Crippen molar-refractivity contribution in [3.63, 3.8) is 0 Å². The van der Waals surface area contributed by atoms with E-state index in [-0.39, 0.29) is 13.2 Å². The molecule has 0 saturated carbocycles. The Bertz CT molecular complexity index is 1490. The van der Waals surface area contributed by atoms with Crippen LogP contribution in [0.4, 0.5) is 0 Å². The summed E-state index contributed by atoms with van der Waals surface area (Å²) in [5.74, 6) is -0.527. The maximum Gasteiger partial charge on any atom is 0.407 e. The van der Waals surface area contributed by atoms with Crippen LogP contribution in [0.5, 0.6) is 0 Å². The first-order valence-electron chi connectivity index (χ1n) is 15.0. The Balaban J connectivity index is 1.52. The minimum atomic E-state index is -3.22. The summed E-state index contributed by atoms with van der Waals surface area (Å²) in [6.07, 6.45) is 0. The topological polar surface area (TPSA) is 51.5 Å². The normalized spacial score (nSPS) is 12.8. The van der Waals surface area contributed by atoms with E-state index in [1.165, 1.54) is 0 Å². The zero-order chi connectivity index (χ0) is 30.9. The molecule has 1 atom stereocenters. The second-order valence-corrected chi connectivity index (χ2v) is 18.1. The monoisotopic (exact) mass is 613 g/mol. The third-order valence-electron chi connectivity index (χ3n) is 7.47. The molecule has 44 heavy (non-hydrogen) atoms. The van der Waals surface area contributed by atoms with Gasteiger partial charge in [-0.1, -0.05) is 152 Å². The molecule has 5 aromatic rings. The standard InChI is InChI=1S/C38H39NO3Si2/c1-38(2,3)42-44(36-25-15-7-16-26-36,37-27-17-8-18-28-37)41-31-32(29-39)30-40-43(33-19-9-4-10-20-33,34-21-11-5-12-22-34)35-23-13-6-14-24-35/h4-28,32H,30-31H2,1-3H3. The second kappa shape index (κ2) is 14.1. The molecule has 0 N–H and O–H groups in total. The van der Waals surface area contributed by atoms with Gasteiger partial charge in [-0.15, -0.1) is 0 Å². The van der Waals surface area contributed by atoms with Crippen molar-refractivity contribution < 1.29 is 13.3 Å². The van der Waals surface area contributed by atoms with E-state index in [0.717, 1.165) is 25.9 Å². The minimum Gasteiger partial charge on any atom is -0.403 e. The molecule has 0 aliphatic carbocycles. The Kier molecular flexibility index (Phi) is 10.1. The van der Waals surface area contributed by atoms with Crippen LogP contribution in [0.2, 0.25) is 0 Å². The van der Waals surface area contributed by atoms with Gasteiger partial charge in [-0.05, 0) is 46.7 Å². The first-order valence-corrected chi connectivity index (χ1v) is 18.8. The average molecular weight is 614 g/mol. The van der Waals surface area contributed by atoms with Gasteiger partial charge >= 0.3 is 8.56 Å². The van der Waals surface area contributed by atoms with Crippen LogP contribution in [0.15, 0.2) is 152 Å². The molecule has 0 aliphatic rings. The highest BCUT2D eigenvalue weighted by atomic mass is 28.4. The summed E-state index contributed by atoms with van der Waals surface area (Å²) < 4.78 is 21.0.